The topological polar surface area (TPSA) is 101 Å². The SMILES string of the molecule is CC(=O)N(C)CC(C)NCc1nc2c(-c3cnc4ccc(F)cc4c3)cnn2c(N)c1Br. The molecule has 1 aromatic carbocycles. The van der Waals surface area contributed by atoms with Crippen LogP contribution in [0.15, 0.2) is 41.1 Å². The van der Waals surface area contributed by atoms with Gasteiger partial charge in [-0.3, -0.25) is 9.78 Å². The number of aromatic nitrogens is 4. The fourth-order valence-electron chi connectivity index (χ4n) is 3.49. The first-order chi connectivity index (χ1) is 15.2. The van der Waals surface area contributed by atoms with Crippen molar-refractivity contribution in [3.63, 3.8) is 0 Å². The Bertz CT molecular complexity index is 1320. The number of carbonyl (C=O) groups excluding carboxylic acids is 1. The van der Waals surface area contributed by atoms with Gasteiger partial charge in [0.2, 0.25) is 5.91 Å². The van der Waals surface area contributed by atoms with E-state index in [0.29, 0.717) is 45.6 Å². The highest BCUT2D eigenvalue weighted by atomic mass is 79.9. The summed E-state index contributed by atoms with van der Waals surface area (Å²) in [4.78, 5) is 22.3. The van der Waals surface area contributed by atoms with Crippen molar-refractivity contribution >= 4 is 44.2 Å². The molecule has 0 saturated heterocycles. The summed E-state index contributed by atoms with van der Waals surface area (Å²) in [6.45, 7) is 4.55. The van der Waals surface area contributed by atoms with E-state index >= 15 is 0 Å². The zero-order valence-corrected chi connectivity index (χ0v) is 19.5. The predicted molar refractivity (Wildman–Crippen MR) is 125 cm³/mol. The number of benzene rings is 1. The Labute approximate surface area is 192 Å². The minimum atomic E-state index is -0.319. The highest BCUT2D eigenvalue weighted by molar-refractivity contribution is 9.10. The summed E-state index contributed by atoms with van der Waals surface area (Å²) >= 11 is 3.52. The van der Waals surface area contributed by atoms with Crippen molar-refractivity contribution in [1.29, 1.82) is 0 Å². The van der Waals surface area contributed by atoms with E-state index in [-0.39, 0.29) is 17.8 Å². The molecule has 3 heterocycles. The van der Waals surface area contributed by atoms with Crippen LogP contribution in [0, 0.1) is 5.82 Å². The van der Waals surface area contributed by atoms with Gasteiger partial charge in [0.25, 0.3) is 0 Å². The molecule has 8 nitrogen and oxygen atoms in total. The lowest BCUT2D eigenvalue weighted by Crippen LogP contribution is -2.39. The number of halogens is 2. The molecule has 0 radical (unpaired) electrons. The number of carbonyl (C=O) groups is 1. The molecule has 32 heavy (non-hydrogen) atoms. The first kappa shape index (κ1) is 22.1. The van der Waals surface area contributed by atoms with Gasteiger partial charge in [0.05, 0.1) is 21.9 Å². The van der Waals surface area contributed by atoms with Gasteiger partial charge in [0.1, 0.15) is 11.6 Å². The van der Waals surface area contributed by atoms with Crippen LogP contribution in [-0.2, 0) is 11.3 Å². The molecule has 0 aliphatic rings. The third-order valence-corrected chi connectivity index (χ3v) is 6.21. The Morgan fingerprint density at radius 3 is 2.88 bits per heavy atom. The number of hydrogen-bond acceptors (Lipinski definition) is 6. The number of nitrogen functional groups attached to an aromatic ring is 1. The van der Waals surface area contributed by atoms with Crippen molar-refractivity contribution in [1.82, 2.24) is 29.8 Å². The number of amides is 1. The average molecular weight is 500 g/mol. The number of rotatable bonds is 6. The monoisotopic (exact) mass is 499 g/mol. The fourth-order valence-corrected chi connectivity index (χ4v) is 3.89. The molecule has 3 N–H and O–H groups in total. The summed E-state index contributed by atoms with van der Waals surface area (Å²) < 4.78 is 15.9. The zero-order chi connectivity index (χ0) is 23.0. The van der Waals surface area contributed by atoms with Crippen LogP contribution in [0.25, 0.3) is 27.7 Å². The minimum absolute atomic E-state index is 0.0106. The number of nitrogens with zero attached hydrogens (tertiary/aromatic N) is 5. The Kier molecular flexibility index (Phi) is 6.07. The van der Waals surface area contributed by atoms with Crippen molar-refractivity contribution in [3.05, 3.63) is 52.6 Å². The summed E-state index contributed by atoms with van der Waals surface area (Å²) in [7, 11) is 1.76. The maximum Gasteiger partial charge on any atom is 0.219 e. The molecule has 1 amide bonds. The molecule has 0 aliphatic carbocycles. The first-order valence-corrected chi connectivity index (χ1v) is 10.9. The molecule has 166 valence electrons. The van der Waals surface area contributed by atoms with Gasteiger partial charge in [-0.05, 0) is 47.1 Å². The van der Waals surface area contributed by atoms with Crippen LogP contribution in [0.1, 0.15) is 19.5 Å². The van der Waals surface area contributed by atoms with Crippen molar-refractivity contribution in [2.24, 2.45) is 0 Å². The number of likely N-dealkylation sites (N-methyl/N-ethyl adjacent to an activating group) is 1. The van der Waals surface area contributed by atoms with Gasteiger partial charge in [-0.1, -0.05) is 0 Å². The van der Waals surface area contributed by atoms with Gasteiger partial charge >= 0.3 is 0 Å². The van der Waals surface area contributed by atoms with Crippen LogP contribution in [0.5, 0.6) is 0 Å². The largest absolute Gasteiger partial charge is 0.383 e. The van der Waals surface area contributed by atoms with E-state index in [2.05, 4.69) is 31.3 Å². The van der Waals surface area contributed by atoms with Crippen LogP contribution in [-0.4, -0.2) is 50.0 Å². The van der Waals surface area contributed by atoms with Crippen LogP contribution in [0.3, 0.4) is 0 Å². The maximum absolute atomic E-state index is 13.7. The molecule has 4 rings (SSSR count). The normalized spacial score (nSPS) is 12.4. The second-order valence-electron chi connectivity index (χ2n) is 7.79. The molecule has 4 aromatic rings. The fraction of sp³-hybridized carbons (Fsp3) is 0.273. The van der Waals surface area contributed by atoms with Crippen LogP contribution >= 0.6 is 15.9 Å². The second-order valence-corrected chi connectivity index (χ2v) is 8.59. The number of nitrogens with one attached hydrogen (secondary N) is 1. The van der Waals surface area contributed by atoms with Crippen LogP contribution in [0.4, 0.5) is 10.2 Å². The zero-order valence-electron chi connectivity index (χ0n) is 17.9. The van der Waals surface area contributed by atoms with E-state index in [9.17, 15) is 9.18 Å². The van der Waals surface area contributed by atoms with Crippen LogP contribution < -0.4 is 11.1 Å². The van der Waals surface area contributed by atoms with E-state index in [0.717, 1.165) is 11.1 Å². The summed E-state index contributed by atoms with van der Waals surface area (Å²) in [5.41, 5.74) is 9.82. The Hall–Kier alpha value is -3.11. The summed E-state index contributed by atoms with van der Waals surface area (Å²) in [6, 6.07) is 6.40. The molecule has 1 unspecified atom stereocenters. The van der Waals surface area contributed by atoms with Crippen molar-refractivity contribution in [2.75, 3.05) is 19.3 Å². The van der Waals surface area contributed by atoms with Gasteiger partial charge < -0.3 is 16.0 Å². The smallest absolute Gasteiger partial charge is 0.219 e. The minimum Gasteiger partial charge on any atom is -0.383 e. The van der Waals surface area contributed by atoms with E-state index in [4.69, 9.17) is 10.7 Å². The molecule has 3 aromatic heterocycles. The third kappa shape index (κ3) is 4.28. The maximum atomic E-state index is 13.7. The van der Waals surface area contributed by atoms with Crippen molar-refractivity contribution < 1.29 is 9.18 Å². The van der Waals surface area contributed by atoms with E-state index in [1.165, 1.54) is 19.1 Å². The molecule has 0 saturated carbocycles. The average Bonchev–Trinajstić information content (AvgIpc) is 3.18. The molecule has 10 heteroatoms. The Morgan fingerprint density at radius 1 is 1.34 bits per heavy atom. The highest BCUT2D eigenvalue weighted by Gasteiger charge is 2.17. The van der Waals surface area contributed by atoms with Gasteiger partial charge in [0, 0.05) is 55.8 Å². The number of hydrogen-bond donors (Lipinski definition) is 2. The van der Waals surface area contributed by atoms with Gasteiger partial charge in [0.15, 0.2) is 5.65 Å². The summed E-state index contributed by atoms with van der Waals surface area (Å²) in [5, 5.41) is 8.45. The lowest BCUT2D eigenvalue weighted by atomic mass is 10.1. The number of pyridine rings is 1. The number of nitrogens with two attached hydrogens (primary N) is 1. The molecular formula is C22H23BrFN7O. The molecular weight excluding hydrogens is 477 g/mol. The summed E-state index contributed by atoms with van der Waals surface area (Å²) in [5.74, 6) is 0.114. The lowest BCUT2D eigenvalue weighted by molar-refractivity contribution is -0.127. The van der Waals surface area contributed by atoms with Crippen molar-refractivity contribution in [2.45, 2.75) is 26.4 Å². The first-order valence-electron chi connectivity index (χ1n) is 10.1. The molecule has 0 spiro atoms. The van der Waals surface area contributed by atoms with Gasteiger partial charge in [-0.2, -0.15) is 9.61 Å². The molecule has 0 fully saturated rings. The second kappa shape index (κ2) is 8.79. The number of anilines is 1. The van der Waals surface area contributed by atoms with Crippen LogP contribution in [0.2, 0.25) is 0 Å². The van der Waals surface area contributed by atoms with E-state index in [1.54, 1.807) is 34.9 Å². The standard InChI is InChI=1S/C22H23BrFN7O/c1-12(11-30(3)13(2)32)26-10-19-20(23)21(25)31-22(29-19)17(9-28-31)15-6-14-7-16(24)4-5-18(14)27-8-15/h4-9,12,26H,10-11,25H2,1-3H3. The predicted octanol–water partition coefficient (Wildman–Crippen LogP) is 3.38. The van der Waals surface area contributed by atoms with Gasteiger partial charge in [-0.15, -0.1) is 0 Å². The Balaban J connectivity index is 1.68. The van der Waals surface area contributed by atoms with Gasteiger partial charge in [-0.25, -0.2) is 9.37 Å². The van der Waals surface area contributed by atoms with E-state index in [1.807, 2.05) is 13.0 Å². The number of fused-ring (bicyclic) bond motifs is 2. The Morgan fingerprint density at radius 2 is 2.12 bits per heavy atom. The highest BCUT2D eigenvalue weighted by Crippen LogP contribution is 2.30. The summed E-state index contributed by atoms with van der Waals surface area (Å²) in [6.07, 6.45) is 3.39. The molecule has 0 aliphatic heterocycles. The van der Waals surface area contributed by atoms with E-state index < -0.39 is 0 Å². The third-order valence-electron chi connectivity index (χ3n) is 5.35. The molecule has 0 bridgehead atoms. The quantitative estimate of drug-likeness (QED) is 0.421. The lowest BCUT2D eigenvalue weighted by Gasteiger charge is -2.21. The molecule has 1 atom stereocenters. The van der Waals surface area contributed by atoms with Crippen molar-refractivity contribution in [3.8, 4) is 11.1 Å².